The summed E-state index contributed by atoms with van der Waals surface area (Å²) in [6.45, 7) is 4.90. The van der Waals surface area contributed by atoms with Gasteiger partial charge in [-0.2, -0.15) is 0 Å². The fourth-order valence-corrected chi connectivity index (χ4v) is 2.99. The van der Waals surface area contributed by atoms with Crippen molar-refractivity contribution in [2.75, 3.05) is 19.6 Å². The molecule has 1 saturated heterocycles. The van der Waals surface area contributed by atoms with Crippen molar-refractivity contribution >= 4 is 21.8 Å². The normalized spacial score (nSPS) is 17.1. The van der Waals surface area contributed by atoms with Crippen molar-refractivity contribution in [2.24, 2.45) is 5.92 Å². The number of amides is 1. The van der Waals surface area contributed by atoms with Crippen LogP contribution in [0.4, 0.5) is 4.39 Å². The number of carbonyl (C=O) groups excluding carboxylic acids is 1. The minimum atomic E-state index is -0.168. The lowest BCUT2D eigenvalue weighted by Gasteiger charge is -2.31. The topological polar surface area (TPSA) is 32.3 Å². The van der Waals surface area contributed by atoms with Gasteiger partial charge in [0.05, 0.1) is 0 Å². The van der Waals surface area contributed by atoms with Gasteiger partial charge in [-0.1, -0.05) is 15.9 Å². The molecule has 0 radical (unpaired) electrons. The maximum Gasteiger partial charge on any atom is 0.223 e. The molecule has 1 N–H and O–H groups in total. The van der Waals surface area contributed by atoms with Gasteiger partial charge < -0.3 is 5.32 Å². The van der Waals surface area contributed by atoms with Gasteiger partial charge in [0, 0.05) is 29.0 Å². The molecule has 0 aromatic heterocycles. The second kappa shape index (κ2) is 7.18. The minimum absolute atomic E-state index is 0.110. The van der Waals surface area contributed by atoms with Gasteiger partial charge in [0.2, 0.25) is 5.91 Å². The molecule has 20 heavy (non-hydrogen) atoms. The zero-order valence-electron chi connectivity index (χ0n) is 11.7. The van der Waals surface area contributed by atoms with Crippen LogP contribution in [0.1, 0.15) is 25.3 Å². The van der Waals surface area contributed by atoms with Crippen LogP contribution in [0.2, 0.25) is 0 Å². The molecule has 0 aliphatic carbocycles. The number of hydrogen-bond donors (Lipinski definition) is 1. The van der Waals surface area contributed by atoms with Crippen LogP contribution < -0.4 is 5.32 Å². The summed E-state index contributed by atoms with van der Waals surface area (Å²) in [5.41, 5.74) is 0.704. The fraction of sp³-hybridized carbons (Fsp3) is 0.533. The van der Waals surface area contributed by atoms with E-state index < -0.39 is 0 Å². The second-order valence-electron chi connectivity index (χ2n) is 5.18. The zero-order valence-corrected chi connectivity index (χ0v) is 13.2. The standard InChI is InChI=1S/C15H20BrFN2O/c1-2-18-15(20)11-5-7-19(8-6-11)10-12-9-13(16)3-4-14(12)17/h3-4,9,11H,2,5-8,10H2,1H3,(H,18,20). The summed E-state index contributed by atoms with van der Waals surface area (Å²) < 4.78 is 14.6. The number of piperidine rings is 1. The van der Waals surface area contributed by atoms with Crippen molar-refractivity contribution in [3.05, 3.63) is 34.1 Å². The molecule has 0 spiro atoms. The van der Waals surface area contributed by atoms with E-state index in [0.717, 1.165) is 30.4 Å². The van der Waals surface area contributed by atoms with Crippen LogP contribution in [0.15, 0.2) is 22.7 Å². The van der Waals surface area contributed by atoms with E-state index in [-0.39, 0.29) is 17.6 Å². The van der Waals surface area contributed by atoms with E-state index in [9.17, 15) is 9.18 Å². The van der Waals surface area contributed by atoms with Gasteiger partial charge in [0.15, 0.2) is 0 Å². The molecule has 0 atom stereocenters. The van der Waals surface area contributed by atoms with E-state index in [2.05, 4.69) is 26.1 Å². The van der Waals surface area contributed by atoms with E-state index in [1.165, 1.54) is 6.07 Å². The van der Waals surface area contributed by atoms with E-state index in [1.807, 2.05) is 13.0 Å². The van der Waals surface area contributed by atoms with Crippen LogP contribution in [-0.4, -0.2) is 30.4 Å². The van der Waals surface area contributed by atoms with Crippen LogP contribution in [0.25, 0.3) is 0 Å². The van der Waals surface area contributed by atoms with Crippen molar-refractivity contribution in [1.82, 2.24) is 10.2 Å². The average Bonchev–Trinajstić information content (AvgIpc) is 2.44. The Morgan fingerprint density at radius 1 is 1.45 bits per heavy atom. The van der Waals surface area contributed by atoms with Gasteiger partial charge >= 0.3 is 0 Å². The summed E-state index contributed by atoms with van der Waals surface area (Å²) in [6, 6.07) is 5.02. The molecule has 1 aliphatic rings. The van der Waals surface area contributed by atoms with Gasteiger partial charge in [-0.15, -0.1) is 0 Å². The highest BCUT2D eigenvalue weighted by molar-refractivity contribution is 9.10. The number of rotatable bonds is 4. The first-order valence-electron chi connectivity index (χ1n) is 7.04. The number of benzene rings is 1. The summed E-state index contributed by atoms with van der Waals surface area (Å²) >= 11 is 3.37. The quantitative estimate of drug-likeness (QED) is 0.912. The molecule has 5 heteroatoms. The number of hydrogen-bond acceptors (Lipinski definition) is 2. The van der Waals surface area contributed by atoms with Crippen LogP contribution in [0.5, 0.6) is 0 Å². The lowest BCUT2D eigenvalue weighted by atomic mass is 9.95. The Morgan fingerprint density at radius 2 is 2.15 bits per heavy atom. The number of likely N-dealkylation sites (tertiary alicyclic amines) is 1. The van der Waals surface area contributed by atoms with Crippen molar-refractivity contribution in [3.63, 3.8) is 0 Å². The summed E-state index contributed by atoms with van der Waals surface area (Å²) in [7, 11) is 0. The first-order valence-corrected chi connectivity index (χ1v) is 7.83. The third kappa shape index (κ3) is 4.03. The number of carbonyl (C=O) groups is 1. The molecular weight excluding hydrogens is 323 g/mol. The molecule has 1 aliphatic heterocycles. The molecule has 110 valence electrons. The highest BCUT2D eigenvalue weighted by Crippen LogP contribution is 2.22. The Bertz CT molecular complexity index is 473. The maximum absolute atomic E-state index is 13.7. The average molecular weight is 343 g/mol. The highest BCUT2D eigenvalue weighted by atomic mass is 79.9. The molecule has 1 aromatic carbocycles. The SMILES string of the molecule is CCNC(=O)C1CCN(Cc2cc(Br)ccc2F)CC1. The highest BCUT2D eigenvalue weighted by Gasteiger charge is 2.24. The smallest absolute Gasteiger partial charge is 0.223 e. The van der Waals surface area contributed by atoms with Crippen molar-refractivity contribution in [3.8, 4) is 0 Å². The largest absolute Gasteiger partial charge is 0.356 e. The number of halogens is 2. The lowest BCUT2D eigenvalue weighted by Crippen LogP contribution is -2.40. The molecule has 3 nitrogen and oxygen atoms in total. The molecule has 0 unspecified atom stereocenters. The van der Waals surface area contributed by atoms with Gasteiger partial charge in [-0.05, 0) is 51.1 Å². The predicted octanol–water partition coefficient (Wildman–Crippen LogP) is 2.94. The van der Waals surface area contributed by atoms with E-state index >= 15 is 0 Å². The van der Waals surface area contributed by atoms with Crippen LogP contribution in [0.3, 0.4) is 0 Å². The summed E-state index contributed by atoms with van der Waals surface area (Å²) in [6.07, 6.45) is 1.70. The van der Waals surface area contributed by atoms with E-state index in [4.69, 9.17) is 0 Å². The molecule has 2 rings (SSSR count). The Kier molecular flexibility index (Phi) is 5.54. The molecular formula is C15H20BrFN2O. The van der Waals surface area contributed by atoms with E-state index in [0.29, 0.717) is 18.7 Å². The van der Waals surface area contributed by atoms with Gasteiger partial charge in [0.25, 0.3) is 0 Å². The molecule has 0 bridgehead atoms. The first-order chi connectivity index (χ1) is 9.60. The van der Waals surface area contributed by atoms with Crippen molar-refractivity contribution < 1.29 is 9.18 Å². The van der Waals surface area contributed by atoms with Crippen molar-refractivity contribution in [1.29, 1.82) is 0 Å². The summed E-state index contributed by atoms with van der Waals surface area (Å²) in [5, 5.41) is 2.87. The molecule has 1 heterocycles. The van der Waals surface area contributed by atoms with Crippen LogP contribution in [-0.2, 0) is 11.3 Å². The van der Waals surface area contributed by atoms with Gasteiger partial charge in [-0.25, -0.2) is 4.39 Å². The van der Waals surface area contributed by atoms with Gasteiger partial charge in [-0.3, -0.25) is 9.69 Å². The van der Waals surface area contributed by atoms with Crippen molar-refractivity contribution in [2.45, 2.75) is 26.3 Å². The third-order valence-electron chi connectivity index (χ3n) is 3.71. The van der Waals surface area contributed by atoms with Crippen LogP contribution >= 0.6 is 15.9 Å². The zero-order chi connectivity index (χ0) is 14.5. The summed E-state index contributed by atoms with van der Waals surface area (Å²) in [4.78, 5) is 14.0. The monoisotopic (exact) mass is 342 g/mol. The number of nitrogens with zero attached hydrogens (tertiary/aromatic N) is 1. The Hall–Kier alpha value is -0.940. The van der Waals surface area contributed by atoms with Crippen LogP contribution in [0, 0.1) is 11.7 Å². The maximum atomic E-state index is 13.7. The molecule has 1 aromatic rings. The molecule has 0 saturated carbocycles. The fourth-order valence-electron chi connectivity index (χ4n) is 2.58. The third-order valence-corrected chi connectivity index (χ3v) is 4.20. The van der Waals surface area contributed by atoms with E-state index in [1.54, 1.807) is 6.07 Å². The molecule has 1 fully saturated rings. The lowest BCUT2D eigenvalue weighted by molar-refractivity contribution is -0.126. The Morgan fingerprint density at radius 3 is 2.80 bits per heavy atom. The van der Waals surface area contributed by atoms with Gasteiger partial charge in [0.1, 0.15) is 5.82 Å². The summed E-state index contributed by atoms with van der Waals surface area (Å²) in [5.74, 6) is 0.0957. The Labute approximate surface area is 127 Å². The predicted molar refractivity (Wildman–Crippen MR) is 80.8 cm³/mol. The second-order valence-corrected chi connectivity index (χ2v) is 6.10. The molecule has 1 amide bonds. The number of nitrogens with one attached hydrogen (secondary N) is 1. The minimum Gasteiger partial charge on any atom is -0.356 e. The Balaban J connectivity index is 1.88. The first kappa shape index (κ1) is 15.4.